The molecule has 6 nitrogen and oxygen atoms in total. The van der Waals surface area contributed by atoms with Crippen molar-refractivity contribution in [2.45, 2.75) is 65.0 Å². The van der Waals surface area contributed by atoms with Crippen LogP contribution < -0.4 is 0 Å². The fourth-order valence-electron chi connectivity index (χ4n) is 3.26. The highest BCUT2D eigenvalue weighted by Crippen LogP contribution is 2.33. The van der Waals surface area contributed by atoms with Crippen LogP contribution in [0, 0.1) is 0 Å². The van der Waals surface area contributed by atoms with E-state index in [0.717, 1.165) is 30.5 Å². The predicted molar refractivity (Wildman–Crippen MR) is 89.3 cm³/mol. The van der Waals surface area contributed by atoms with Gasteiger partial charge < -0.3 is 4.74 Å². The molecule has 0 spiro atoms. The molecule has 2 heterocycles. The van der Waals surface area contributed by atoms with Crippen LogP contribution in [0.15, 0.2) is 12.3 Å². The molecule has 1 aliphatic carbocycles. The molecule has 6 heteroatoms. The van der Waals surface area contributed by atoms with Gasteiger partial charge in [-0.2, -0.15) is 10.2 Å². The second kappa shape index (κ2) is 7.25. The molecule has 0 N–H and O–H groups in total. The second-order valence-corrected chi connectivity index (χ2v) is 6.45. The van der Waals surface area contributed by atoms with E-state index in [1.54, 1.807) is 0 Å². The van der Waals surface area contributed by atoms with Crippen LogP contribution in [0.3, 0.4) is 0 Å². The van der Waals surface area contributed by atoms with Crippen LogP contribution >= 0.6 is 0 Å². The van der Waals surface area contributed by atoms with Gasteiger partial charge in [0.15, 0.2) is 11.6 Å². The van der Waals surface area contributed by atoms with Crippen LogP contribution in [0.1, 0.15) is 64.2 Å². The van der Waals surface area contributed by atoms with Crippen molar-refractivity contribution in [2.75, 3.05) is 13.2 Å². The van der Waals surface area contributed by atoms with Crippen molar-refractivity contribution in [1.82, 2.24) is 24.5 Å². The maximum absolute atomic E-state index is 5.51. The Morgan fingerprint density at radius 3 is 2.78 bits per heavy atom. The maximum atomic E-state index is 5.51. The fraction of sp³-hybridized carbons (Fsp3) is 0.706. The monoisotopic (exact) mass is 317 g/mol. The summed E-state index contributed by atoms with van der Waals surface area (Å²) in [7, 11) is 0. The molecular weight excluding hydrogens is 290 g/mol. The highest BCUT2D eigenvalue weighted by atomic mass is 16.5. The summed E-state index contributed by atoms with van der Waals surface area (Å²) in [6, 6.07) is 2.33. The van der Waals surface area contributed by atoms with E-state index in [1.165, 1.54) is 25.7 Å². The van der Waals surface area contributed by atoms with E-state index in [2.05, 4.69) is 18.9 Å². The Morgan fingerprint density at radius 1 is 1.30 bits per heavy atom. The predicted octanol–water partition coefficient (Wildman–Crippen LogP) is 3.42. The van der Waals surface area contributed by atoms with E-state index in [-0.39, 0.29) is 0 Å². The average Bonchev–Trinajstić information content (AvgIpc) is 3.26. The Hall–Kier alpha value is -1.69. The van der Waals surface area contributed by atoms with Crippen molar-refractivity contribution in [2.24, 2.45) is 0 Å². The first-order chi connectivity index (χ1) is 11.2. The molecule has 0 amide bonds. The molecule has 0 bridgehead atoms. The summed E-state index contributed by atoms with van der Waals surface area (Å²) >= 11 is 0. The van der Waals surface area contributed by atoms with Crippen molar-refractivity contribution >= 4 is 0 Å². The van der Waals surface area contributed by atoms with Crippen molar-refractivity contribution in [3.05, 3.63) is 18.1 Å². The zero-order valence-electron chi connectivity index (χ0n) is 14.4. The second-order valence-electron chi connectivity index (χ2n) is 6.45. The molecule has 126 valence electrons. The van der Waals surface area contributed by atoms with Gasteiger partial charge in [-0.25, -0.2) is 9.67 Å². The summed E-state index contributed by atoms with van der Waals surface area (Å²) in [4.78, 5) is 4.89. The fourth-order valence-corrected chi connectivity index (χ4v) is 3.26. The lowest BCUT2D eigenvalue weighted by Gasteiger charge is -2.11. The third kappa shape index (κ3) is 3.47. The first-order valence-corrected chi connectivity index (χ1v) is 8.77. The number of aromatic nitrogens is 5. The van der Waals surface area contributed by atoms with Crippen LogP contribution in [0.5, 0.6) is 0 Å². The highest BCUT2D eigenvalue weighted by molar-refractivity contribution is 5.49. The van der Waals surface area contributed by atoms with Crippen molar-refractivity contribution in [1.29, 1.82) is 0 Å². The molecule has 23 heavy (non-hydrogen) atoms. The first-order valence-electron chi connectivity index (χ1n) is 8.77. The van der Waals surface area contributed by atoms with Gasteiger partial charge in [0.25, 0.3) is 0 Å². The first kappa shape index (κ1) is 16.2. The molecule has 0 aromatic carbocycles. The molecule has 1 aliphatic rings. The van der Waals surface area contributed by atoms with Gasteiger partial charge in [0.1, 0.15) is 5.69 Å². The van der Waals surface area contributed by atoms with Gasteiger partial charge in [-0.3, -0.25) is 4.68 Å². The van der Waals surface area contributed by atoms with E-state index < -0.39 is 0 Å². The van der Waals surface area contributed by atoms with E-state index >= 15 is 0 Å². The Morgan fingerprint density at radius 2 is 2.09 bits per heavy atom. The van der Waals surface area contributed by atoms with Crippen LogP contribution in [-0.4, -0.2) is 37.8 Å². The van der Waals surface area contributed by atoms with E-state index in [9.17, 15) is 0 Å². The molecule has 0 atom stereocenters. The zero-order chi connectivity index (χ0) is 16.2. The van der Waals surface area contributed by atoms with Crippen LogP contribution in [0.25, 0.3) is 11.5 Å². The summed E-state index contributed by atoms with van der Waals surface area (Å²) < 4.78 is 9.52. The summed E-state index contributed by atoms with van der Waals surface area (Å²) in [5.74, 6) is 2.42. The van der Waals surface area contributed by atoms with Crippen LogP contribution in [-0.2, 0) is 11.3 Å². The number of hydrogen-bond acceptors (Lipinski definition) is 4. The standard InChI is InChI=1S/C17H27N5O/c1-4-23-12-11-21-17(15-9-10-18-22(15)13(2)3)19-16(20-21)14-7-5-6-8-14/h9-10,13-14H,4-8,11-12H2,1-3H3. The molecule has 1 saturated carbocycles. The van der Waals surface area contributed by atoms with Gasteiger partial charge in [-0.15, -0.1) is 0 Å². The quantitative estimate of drug-likeness (QED) is 0.734. The Labute approximate surface area is 137 Å². The van der Waals surface area contributed by atoms with E-state index in [1.807, 2.05) is 28.6 Å². The van der Waals surface area contributed by atoms with Crippen LogP contribution in [0.4, 0.5) is 0 Å². The normalized spacial score (nSPS) is 15.8. The molecule has 3 rings (SSSR count). The summed E-state index contributed by atoms with van der Waals surface area (Å²) in [6.07, 6.45) is 6.83. The minimum Gasteiger partial charge on any atom is -0.380 e. The molecule has 2 aromatic heterocycles. The molecule has 0 aliphatic heterocycles. The molecule has 2 aromatic rings. The van der Waals surface area contributed by atoms with Crippen molar-refractivity contribution in [3.63, 3.8) is 0 Å². The Bertz CT molecular complexity index is 625. The molecular formula is C17H27N5O. The summed E-state index contributed by atoms with van der Waals surface area (Å²) in [6.45, 7) is 8.40. The summed E-state index contributed by atoms with van der Waals surface area (Å²) in [5.41, 5.74) is 1.04. The van der Waals surface area contributed by atoms with E-state index in [0.29, 0.717) is 18.6 Å². The van der Waals surface area contributed by atoms with Gasteiger partial charge in [0, 0.05) is 24.8 Å². The Kier molecular flexibility index (Phi) is 5.10. The molecule has 1 fully saturated rings. The largest absolute Gasteiger partial charge is 0.380 e. The van der Waals surface area contributed by atoms with Crippen molar-refractivity contribution in [3.8, 4) is 11.5 Å². The maximum Gasteiger partial charge on any atom is 0.176 e. The van der Waals surface area contributed by atoms with Gasteiger partial charge in [-0.1, -0.05) is 12.8 Å². The number of rotatable bonds is 7. The van der Waals surface area contributed by atoms with Crippen LogP contribution in [0.2, 0.25) is 0 Å². The molecule has 0 radical (unpaired) electrons. The number of nitrogens with zero attached hydrogens (tertiary/aromatic N) is 5. The smallest absolute Gasteiger partial charge is 0.176 e. The number of hydrogen-bond donors (Lipinski definition) is 0. The summed E-state index contributed by atoms with van der Waals surface area (Å²) in [5, 5.41) is 9.25. The lowest BCUT2D eigenvalue weighted by molar-refractivity contribution is 0.136. The van der Waals surface area contributed by atoms with Gasteiger partial charge >= 0.3 is 0 Å². The van der Waals surface area contributed by atoms with Gasteiger partial charge in [0.05, 0.1) is 13.2 Å². The third-order valence-electron chi connectivity index (χ3n) is 4.45. The molecule has 0 unspecified atom stereocenters. The SMILES string of the molecule is CCOCCn1nc(C2CCCC2)nc1-c1ccnn1C(C)C. The lowest BCUT2D eigenvalue weighted by Crippen LogP contribution is -2.12. The topological polar surface area (TPSA) is 57.8 Å². The lowest BCUT2D eigenvalue weighted by atomic mass is 10.1. The van der Waals surface area contributed by atoms with E-state index in [4.69, 9.17) is 14.8 Å². The minimum absolute atomic E-state index is 0.298. The third-order valence-corrected chi connectivity index (χ3v) is 4.45. The highest BCUT2D eigenvalue weighted by Gasteiger charge is 2.24. The number of ether oxygens (including phenoxy) is 1. The zero-order valence-corrected chi connectivity index (χ0v) is 14.4. The minimum atomic E-state index is 0.298. The Balaban J connectivity index is 1.93. The average molecular weight is 317 g/mol. The van der Waals surface area contributed by atoms with Gasteiger partial charge in [0.2, 0.25) is 0 Å². The van der Waals surface area contributed by atoms with Crippen molar-refractivity contribution < 1.29 is 4.74 Å². The molecule has 0 saturated heterocycles. The van der Waals surface area contributed by atoms with Gasteiger partial charge in [-0.05, 0) is 39.7 Å².